The molecule has 0 aliphatic rings. The highest BCUT2D eigenvalue weighted by molar-refractivity contribution is 5.65. The van der Waals surface area contributed by atoms with Crippen molar-refractivity contribution in [3.63, 3.8) is 0 Å². The van der Waals surface area contributed by atoms with Crippen molar-refractivity contribution in [2.45, 2.75) is 19.9 Å². The van der Waals surface area contributed by atoms with Gasteiger partial charge in [-0.05, 0) is 27.0 Å². The molecule has 0 amide bonds. The van der Waals surface area contributed by atoms with Gasteiger partial charge in [-0.1, -0.05) is 0 Å². The van der Waals surface area contributed by atoms with Crippen LogP contribution < -0.4 is 5.32 Å². The molecule has 1 N–H and O–H groups in total. The molecule has 1 rings (SSSR count). The second kappa shape index (κ2) is 6.80. The monoisotopic (exact) mass is 282 g/mol. The summed E-state index contributed by atoms with van der Waals surface area (Å²) in [6.45, 7) is 5.34. The Morgan fingerprint density at radius 3 is 2.40 bits per heavy atom. The summed E-state index contributed by atoms with van der Waals surface area (Å²) >= 11 is 0. The number of rotatable bonds is 7. The fourth-order valence-electron chi connectivity index (χ4n) is 1.56. The molecule has 0 radical (unpaired) electrons. The van der Waals surface area contributed by atoms with Crippen LogP contribution in [0.4, 0.5) is 17.1 Å². The van der Waals surface area contributed by atoms with Crippen LogP contribution in [0.2, 0.25) is 0 Å². The summed E-state index contributed by atoms with van der Waals surface area (Å²) in [4.78, 5) is 22.4. The largest absolute Gasteiger partial charge is 0.378 e. The van der Waals surface area contributed by atoms with Crippen molar-refractivity contribution in [2.24, 2.45) is 0 Å². The number of likely N-dealkylation sites (N-methyl/N-ethyl adjacent to an activating group) is 1. The number of nitro benzene ring substituents is 2. The van der Waals surface area contributed by atoms with Crippen LogP contribution in [0.15, 0.2) is 18.2 Å². The first-order chi connectivity index (χ1) is 9.32. The van der Waals surface area contributed by atoms with Crippen LogP contribution in [0.25, 0.3) is 0 Å². The van der Waals surface area contributed by atoms with Gasteiger partial charge >= 0.3 is 0 Å². The predicted octanol–water partition coefficient (Wildman–Crippen LogP) is 2.26. The van der Waals surface area contributed by atoms with Crippen LogP contribution in [0, 0.1) is 20.2 Å². The van der Waals surface area contributed by atoms with Gasteiger partial charge in [0.1, 0.15) is 5.69 Å². The average molecular weight is 282 g/mol. The average Bonchev–Trinajstić information content (AvgIpc) is 2.38. The second-order valence-electron chi connectivity index (χ2n) is 4.72. The number of nitrogens with one attached hydrogen (secondary N) is 1. The lowest BCUT2D eigenvalue weighted by molar-refractivity contribution is -0.393. The number of non-ortho nitro benzene ring substituents is 1. The third-order valence-corrected chi connectivity index (χ3v) is 3.05. The molecule has 0 unspecified atom stereocenters. The maximum Gasteiger partial charge on any atom is 0.299 e. The minimum absolute atomic E-state index is 0.286. The Bertz CT molecular complexity index is 504. The zero-order valence-electron chi connectivity index (χ0n) is 11.7. The van der Waals surface area contributed by atoms with Gasteiger partial charge in [-0.25, -0.2) is 0 Å². The Balaban J connectivity index is 2.79. The second-order valence-corrected chi connectivity index (χ2v) is 4.72. The van der Waals surface area contributed by atoms with E-state index in [2.05, 4.69) is 10.2 Å². The molecule has 1 aromatic rings. The summed E-state index contributed by atoms with van der Waals surface area (Å²) in [5, 5.41) is 24.5. The standard InChI is InChI=1S/C12H18N4O4/c1-9(2)14(3)7-6-13-11-5-4-10(15(17)18)8-12(11)16(19)20/h4-5,8-9,13H,6-7H2,1-3H3. The summed E-state index contributed by atoms with van der Waals surface area (Å²) in [5.41, 5.74) is -0.286. The van der Waals surface area contributed by atoms with Crippen molar-refractivity contribution in [3.8, 4) is 0 Å². The number of benzene rings is 1. The van der Waals surface area contributed by atoms with Crippen LogP contribution in [-0.2, 0) is 0 Å². The van der Waals surface area contributed by atoms with E-state index in [1.165, 1.54) is 12.1 Å². The van der Waals surface area contributed by atoms with Crippen molar-refractivity contribution in [3.05, 3.63) is 38.4 Å². The maximum atomic E-state index is 10.9. The van der Waals surface area contributed by atoms with Crippen LogP contribution in [0.5, 0.6) is 0 Å². The molecule has 0 aliphatic heterocycles. The maximum absolute atomic E-state index is 10.9. The van der Waals surface area contributed by atoms with E-state index in [-0.39, 0.29) is 17.1 Å². The van der Waals surface area contributed by atoms with Gasteiger partial charge in [-0.15, -0.1) is 0 Å². The van der Waals surface area contributed by atoms with Crippen molar-refractivity contribution in [1.82, 2.24) is 4.90 Å². The Morgan fingerprint density at radius 1 is 1.25 bits per heavy atom. The zero-order chi connectivity index (χ0) is 15.3. The van der Waals surface area contributed by atoms with E-state index in [9.17, 15) is 20.2 Å². The fourth-order valence-corrected chi connectivity index (χ4v) is 1.56. The first kappa shape index (κ1) is 15.8. The van der Waals surface area contributed by atoms with Crippen LogP contribution in [0.3, 0.4) is 0 Å². The molecule has 20 heavy (non-hydrogen) atoms. The minimum atomic E-state index is -0.649. The molecule has 0 aromatic heterocycles. The van der Waals surface area contributed by atoms with Crippen molar-refractivity contribution in [2.75, 3.05) is 25.5 Å². The third-order valence-electron chi connectivity index (χ3n) is 3.05. The van der Waals surface area contributed by atoms with Gasteiger partial charge in [0.2, 0.25) is 0 Å². The summed E-state index contributed by atoms with van der Waals surface area (Å²) in [5.74, 6) is 0. The quantitative estimate of drug-likeness (QED) is 0.608. The molecule has 0 aliphatic carbocycles. The fraction of sp³-hybridized carbons (Fsp3) is 0.500. The van der Waals surface area contributed by atoms with Gasteiger partial charge in [0.15, 0.2) is 0 Å². The molecular weight excluding hydrogens is 264 g/mol. The van der Waals surface area contributed by atoms with Gasteiger partial charge in [-0.3, -0.25) is 20.2 Å². The molecule has 0 heterocycles. The highest BCUT2D eigenvalue weighted by atomic mass is 16.6. The number of hydrogen-bond donors (Lipinski definition) is 1. The Morgan fingerprint density at radius 2 is 1.90 bits per heavy atom. The van der Waals surface area contributed by atoms with Crippen molar-refractivity contribution in [1.29, 1.82) is 0 Å². The van der Waals surface area contributed by atoms with E-state index >= 15 is 0 Å². The van der Waals surface area contributed by atoms with Gasteiger partial charge in [-0.2, -0.15) is 0 Å². The summed E-state index contributed by atoms with van der Waals surface area (Å²) < 4.78 is 0. The third kappa shape index (κ3) is 4.16. The van der Waals surface area contributed by atoms with E-state index < -0.39 is 9.85 Å². The normalized spacial score (nSPS) is 10.8. The van der Waals surface area contributed by atoms with E-state index in [0.29, 0.717) is 19.1 Å². The van der Waals surface area contributed by atoms with Crippen LogP contribution in [0.1, 0.15) is 13.8 Å². The van der Waals surface area contributed by atoms with E-state index in [1.54, 1.807) is 0 Å². The molecule has 0 saturated heterocycles. The van der Waals surface area contributed by atoms with Gasteiger partial charge in [0, 0.05) is 25.2 Å². The number of hydrogen-bond acceptors (Lipinski definition) is 6. The first-order valence-electron chi connectivity index (χ1n) is 6.20. The van der Waals surface area contributed by atoms with Gasteiger partial charge in [0.25, 0.3) is 11.4 Å². The molecule has 1 aromatic carbocycles. The minimum Gasteiger partial charge on any atom is -0.378 e. The van der Waals surface area contributed by atoms with Crippen LogP contribution in [-0.4, -0.2) is 40.9 Å². The number of nitro groups is 2. The van der Waals surface area contributed by atoms with E-state index in [0.717, 1.165) is 6.07 Å². The Labute approximate surface area is 116 Å². The zero-order valence-corrected chi connectivity index (χ0v) is 11.7. The molecule has 8 nitrogen and oxygen atoms in total. The molecule has 8 heteroatoms. The SMILES string of the molecule is CC(C)N(C)CCNc1ccc([N+](=O)[O-])cc1[N+](=O)[O-]. The van der Waals surface area contributed by atoms with E-state index in [1.807, 2.05) is 20.9 Å². The number of anilines is 1. The molecule has 0 fully saturated rings. The lowest BCUT2D eigenvalue weighted by Gasteiger charge is -2.21. The summed E-state index contributed by atoms with van der Waals surface area (Å²) in [7, 11) is 1.95. The van der Waals surface area contributed by atoms with Gasteiger partial charge in [0.05, 0.1) is 15.9 Å². The summed E-state index contributed by atoms with van der Waals surface area (Å²) in [6.07, 6.45) is 0. The Kier molecular flexibility index (Phi) is 5.39. The summed E-state index contributed by atoms with van der Waals surface area (Å²) in [6, 6.07) is 3.96. The van der Waals surface area contributed by atoms with E-state index in [4.69, 9.17) is 0 Å². The molecule has 0 saturated carbocycles. The first-order valence-corrected chi connectivity index (χ1v) is 6.20. The highest BCUT2D eigenvalue weighted by Crippen LogP contribution is 2.28. The van der Waals surface area contributed by atoms with Crippen LogP contribution >= 0.6 is 0 Å². The lowest BCUT2D eigenvalue weighted by Crippen LogP contribution is -2.31. The topological polar surface area (TPSA) is 102 Å². The highest BCUT2D eigenvalue weighted by Gasteiger charge is 2.19. The number of nitrogens with zero attached hydrogens (tertiary/aromatic N) is 3. The van der Waals surface area contributed by atoms with Gasteiger partial charge < -0.3 is 10.2 Å². The molecular formula is C12H18N4O4. The van der Waals surface area contributed by atoms with Crippen molar-refractivity contribution >= 4 is 17.1 Å². The molecule has 0 spiro atoms. The lowest BCUT2D eigenvalue weighted by atomic mass is 10.2. The smallest absolute Gasteiger partial charge is 0.299 e. The molecule has 0 atom stereocenters. The molecule has 0 bridgehead atoms. The Hall–Kier alpha value is -2.22. The molecule has 110 valence electrons. The van der Waals surface area contributed by atoms with Crippen molar-refractivity contribution < 1.29 is 9.85 Å². The predicted molar refractivity (Wildman–Crippen MR) is 76.0 cm³/mol.